The fourth-order valence-electron chi connectivity index (χ4n) is 2.65. The van der Waals surface area contributed by atoms with Gasteiger partial charge in [-0.1, -0.05) is 15.9 Å². The molecule has 3 rings (SSSR count). The number of amides is 1. The molecule has 1 amide bonds. The number of piperazine rings is 1. The maximum Gasteiger partial charge on any atom is 0.238 e. The molecule has 0 unspecified atom stereocenters. The van der Waals surface area contributed by atoms with Crippen LogP contribution in [0.25, 0.3) is 0 Å². The predicted molar refractivity (Wildman–Crippen MR) is 103 cm³/mol. The van der Waals surface area contributed by atoms with Gasteiger partial charge < -0.3 is 15.0 Å². The number of hydrogen-bond donors (Lipinski definition) is 1. The molecule has 1 N–H and O–H groups in total. The zero-order valence-corrected chi connectivity index (χ0v) is 15.8. The Morgan fingerprint density at radius 1 is 1.00 bits per heavy atom. The van der Waals surface area contributed by atoms with Gasteiger partial charge in [0.2, 0.25) is 5.91 Å². The summed E-state index contributed by atoms with van der Waals surface area (Å²) in [5, 5.41) is 2.94. The molecule has 2 aromatic carbocycles. The van der Waals surface area contributed by atoms with E-state index >= 15 is 0 Å². The van der Waals surface area contributed by atoms with Crippen molar-refractivity contribution in [2.45, 2.75) is 0 Å². The van der Waals surface area contributed by atoms with Crippen LogP contribution in [0.4, 0.5) is 5.69 Å². The summed E-state index contributed by atoms with van der Waals surface area (Å²) in [6, 6.07) is 15.1. The molecule has 0 spiro atoms. The van der Waals surface area contributed by atoms with Crippen LogP contribution in [0.3, 0.4) is 0 Å². The van der Waals surface area contributed by atoms with Crippen molar-refractivity contribution in [3.63, 3.8) is 0 Å². The summed E-state index contributed by atoms with van der Waals surface area (Å²) in [6.07, 6.45) is 0. The summed E-state index contributed by atoms with van der Waals surface area (Å²) >= 11 is 3.40. The molecule has 2 aromatic rings. The molecule has 132 valence electrons. The summed E-state index contributed by atoms with van der Waals surface area (Å²) in [7, 11) is 2.11. The Morgan fingerprint density at radius 2 is 1.56 bits per heavy atom. The van der Waals surface area contributed by atoms with Gasteiger partial charge in [-0.05, 0) is 55.6 Å². The van der Waals surface area contributed by atoms with Crippen LogP contribution in [-0.2, 0) is 4.79 Å². The molecule has 1 heterocycles. The second-order valence-corrected chi connectivity index (χ2v) is 7.12. The van der Waals surface area contributed by atoms with E-state index < -0.39 is 0 Å². The topological polar surface area (TPSA) is 44.8 Å². The molecule has 1 aliphatic heterocycles. The number of nitrogens with zero attached hydrogens (tertiary/aromatic N) is 2. The van der Waals surface area contributed by atoms with E-state index in [1.54, 1.807) is 0 Å². The first-order valence-corrected chi connectivity index (χ1v) is 9.12. The van der Waals surface area contributed by atoms with Gasteiger partial charge in [0.05, 0.1) is 6.54 Å². The maximum atomic E-state index is 12.2. The first-order chi connectivity index (χ1) is 12.1. The monoisotopic (exact) mass is 403 g/mol. The first kappa shape index (κ1) is 17.9. The van der Waals surface area contributed by atoms with Crippen molar-refractivity contribution >= 4 is 27.5 Å². The number of anilines is 1. The van der Waals surface area contributed by atoms with E-state index in [0.717, 1.165) is 47.8 Å². The highest BCUT2D eigenvalue weighted by Gasteiger charge is 2.16. The SMILES string of the molecule is CN1CCN(CC(=O)Nc2ccc(Oc3ccc(Br)cc3)cc2)CC1. The number of nitrogens with one attached hydrogen (secondary N) is 1. The summed E-state index contributed by atoms with van der Waals surface area (Å²) in [4.78, 5) is 16.6. The Balaban J connectivity index is 1.50. The van der Waals surface area contributed by atoms with Gasteiger partial charge >= 0.3 is 0 Å². The standard InChI is InChI=1S/C19H22BrN3O2/c1-22-10-12-23(13-11-22)14-19(24)21-16-4-8-18(9-5-16)25-17-6-2-15(20)3-7-17/h2-9H,10-14H2,1H3,(H,21,24). The summed E-state index contributed by atoms with van der Waals surface area (Å²) in [6.45, 7) is 4.32. The Labute approximate surface area is 156 Å². The smallest absolute Gasteiger partial charge is 0.238 e. The fourth-order valence-corrected chi connectivity index (χ4v) is 2.92. The number of ether oxygens (including phenoxy) is 1. The molecule has 6 heteroatoms. The molecule has 0 aromatic heterocycles. The van der Waals surface area contributed by atoms with Crippen molar-refractivity contribution in [2.75, 3.05) is 45.1 Å². The van der Waals surface area contributed by atoms with Crippen LogP contribution in [0.5, 0.6) is 11.5 Å². The van der Waals surface area contributed by atoms with Crippen molar-refractivity contribution in [3.8, 4) is 11.5 Å². The van der Waals surface area contributed by atoms with E-state index in [4.69, 9.17) is 4.74 Å². The van der Waals surface area contributed by atoms with Crippen LogP contribution in [-0.4, -0.2) is 55.5 Å². The normalized spacial score (nSPS) is 15.8. The lowest BCUT2D eigenvalue weighted by Gasteiger charge is -2.31. The van der Waals surface area contributed by atoms with Crippen molar-refractivity contribution < 1.29 is 9.53 Å². The van der Waals surface area contributed by atoms with Crippen molar-refractivity contribution in [1.29, 1.82) is 0 Å². The Bertz CT molecular complexity index is 696. The number of carbonyl (C=O) groups excluding carboxylic acids is 1. The average Bonchev–Trinajstić information content (AvgIpc) is 2.61. The van der Waals surface area contributed by atoms with Crippen LogP contribution in [0.15, 0.2) is 53.0 Å². The van der Waals surface area contributed by atoms with E-state index in [-0.39, 0.29) is 5.91 Å². The van der Waals surface area contributed by atoms with E-state index in [9.17, 15) is 4.79 Å². The molecule has 0 saturated carbocycles. The van der Waals surface area contributed by atoms with Crippen LogP contribution >= 0.6 is 15.9 Å². The third-order valence-corrected chi connectivity index (χ3v) is 4.68. The number of likely N-dealkylation sites (N-methyl/N-ethyl adjacent to an activating group) is 1. The molecular weight excluding hydrogens is 382 g/mol. The fraction of sp³-hybridized carbons (Fsp3) is 0.316. The molecule has 0 atom stereocenters. The molecule has 0 bridgehead atoms. The van der Waals surface area contributed by atoms with Crippen LogP contribution in [0, 0.1) is 0 Å². The van der Waals surface area contributed by atoms with E-state index in [2.05, 4.69) is 38.1 Å². The second kappa shape index (κ2) is 8.47. The minimum atomic E-state index is 0.0196. The van der Waals surface area contributed by atoms with Gasteiger partial charge in [-0.15, -0.1) is 0 Å². The summed E-state index contributed by atoms with van der Waals surface area (Å²) in [5.74, 6) is 1.53. The lowest BCUT2D eigenvalue weighted by Crippen LogP contribution is -2.47. The Hall–Kier alpha value is -1.89. The first-order valence-electron chi connectivity index (χ1n) is 8.33. The zero-order valence-electron chi connectivity index (χ0n) is 14.2. The van der Waals surface area contributed by atoms with Crippen molar-refractivity contribution in [2.24, 2.45) is 0 Å². The highest BCUT2D eigenvalue weighted by molar-refractivity contribution is 9.10. The number of benzene rings is 2. The quantitative estimate of drug-likeness (QED) is 0.830. The van der Waals surface area contributed by atoms with Crippen molar-refractivity contribution in [3.05, 3.63) is 53.0 Å². The maximum absolute atomic E-state index is 12.2. The average molecular weight is 404 g/mol. The third kappa shape index (κ3) is 5.56. The summed E-state index contributed by atoms with van der Waals surface area (Å²) < 4.78 is 6.79. The number of halogens is 1. The molecule has 1 aliphatic rings. The summed E-state index contributed by atoms with van der Waals surface area (Å²) in [5.41, 5.74) is 0.780. The Kier molecular flexibility index (Phi) is 6.07. The Morgan fingerprint density at radius 3 is 2.16 bits per heavy atom. The second-order valence-electron chi connectivity index (χ2n) is 6.21. The number of rotatable bonds is 5. The minimum absolute atomic E-state index is 0.0196. The van der Waals surface area contributed by atoms with E-state index in [0.29, 0.717) is 6.54 Å². The van der Waals surface area contributed by atoms with Gasteiger partial charge in [-0.3, -0.25) is 9.69 Å². The molecule has 5 nitrogen and oxygen atoms in total. The van der Waals surface area contributed by atoms with Gasteiger partial charge in [0.1, 0.15) is 11.5 Å². The molecule has 25 heavy (non-hydrogen) atoms. The molecule has 1 saturated heterocycles. The van der Waals surface area contributed by atoms with Gasteiger partial charge in [0.25, 0.3) is 0 Å². The van der Waals surface area contributed by atoms with Crippen LogP contribution < -0.4 is 10.1 Å². The molecule has 0 radical (unpaired) electrons. The van der Waals surface area contributed by atoms with Gasteiger partial charge in [0, 0.05) is 36.3 Å². The van der Waals surface area contributed by atoms with Crippen LogP contribution in [0.2, 0.25) is 0 Å². The van der Waals surface area contributed by atoms with Gasteiger partial charge in [0.15, 0.2) is 0 Å². The number of hydrogen-bond acceptors (Lipinski definition) is 4. The predicted octanol–water partition coefficient (Wildman–Crippen LogP) is 3.43. The van der Waals surface area contributed by atoms with Gasteiger partial charge in [-0.2, -0.15) is 0 Å². The van der Waals surface area contributed by atoms with Gasteiger partial charge in [-0.25, -0.2) is 0 Å². The lowest BCUT2D eigenvalue weighted by atomic mass is 10.3. The largest absolute Gasteiger partial charge is 0.457 e. The van der Waals surface area contributed by atoms with E-state index in [1.165, 1.54) is 0 Å². The van der Waals surface area contributed by atoms with Crippen LogP contribution in [0.1, 0.15) is 0 Å². The lowest BCUT2D eigenvalue weighted by molar-refractivity contribution is -0.117. The molecular formula is C19H22BrN3O2. The minimum Gasteiger partial charge on any atom is -0.457 e. The third-order valence-electron chi connectivity index (χ3n) is 4.15. The highest BCUT2D eigenvalue weighted by Crippen LogP contribution is 2.24. The zero-order chi connectivity index (χ0) is 17.6. The molecule has 0 aliphatic carbocycles. The molecule has 1 fully saturated rings. The van der Waals surface area contributed by atoms with E-state index in [1.807, 2.05) is 48.5 Å². The number of carbonyl (C=O) groups is 1. The highest BCUT2D eigenvalue weighted by atomic mass is 79.9. The van der Waals surface area contributed by atoms with Crippen molar-refractivity contribution in [1.82, 2.24) is 9.80 Å².